The molecule has 19 heavy (non-hydrogen) atoms. The Balaban J connectivity index is 2.16. The van der Waals surface area contributed by atoms with Crippen LogP contribution in [0.3, 0.4) is 0 Å². The number of thiophene rings is 1. The minimum Gasteiger partial charge on any atom is -0.391 e. The number of fused-ring (bicyclic) bond motifs is 1. The fourth-order valence-corrected chi connectivity index (χ4v) is 3.11. The number of aliphatic hydroxyl groups is 1. The Hall–Kier alpha value is -1.10. The van der Waals surface area contributed by atoms with Gasteiger partial charge in [-0.1, -0.05) is 43.6 Å². The molecule has 0 aliphatic carbocycles. The van der Waals surface area contributed by atoms with Crippen LogP contribution in [0.5, 0.6) is 0 Å². The molecule has 0 radical (unpaired) electrons. The van der Waals surface area contributed by atoms with Crippen LogP contribution in [0.1, 0.15) is 23.5 Å². The van der Waals surface area contributed by atoms with Crippen molar-refractivity contribution in [2.75, 3.05) is 6.54 Å². The number of amides is 1. The maximum Gasteiger partial charge on any atom is 0.263 e. The van der Waals surface area contributed by atoms with Gasteiger partial charge in [-0.15, -0.1) is 11.3 Å². The van der Waals surface area contributed by atoms with Gasteiger partial charge in [0.1, 0.15) is 4.88 Å². The number of carbonyl (C=O) groups is 1. The molecule has 0 aliphatic heterocycles. The molecule has 2 aromatic rings. The molecule has 0 saturated carbocycles. The van der Waals surface area contributed by atoms with Crippen molar-refractivity contribution in [1.82, 2.24) is 5.32 Å². The molecule has 0 spiro atoms. The zero-order valence-electron chi connectivity index (χ0n) is 10.8. The Bertz CT molecular complexity index is 594. The Morgan fingerprint density at radius 1 is 1.42 bits per heavy atom. The van der Waals surface area contributed by atoms with E-state index >= 15 is 0 Å². The van der Waals surface area contributed by atoms with Crippen LogP contribution >= 0.6 is 22.9 Å². The standard InChI is InChI=1S/C14H16ClNO2S/c1-8(2)10(17)7-16-14(18)13-12(15)9-5-3-4-6-11(9)19-13/h3-6,8,10,17H,7H2,1-2H3,(H,16,18). The summed E-state index contributed by atoms with van der Waals surface area (Å²) >= 11 is 7.58. The first kappa shape index (κ1) is 14.3. The van der Waals surface area contributed by atoms with E-state index in [1.54, 1.807) is 0 Å². The lowest BCUT2D eigenvalue weighted by atomic mass is 10.1. The number of carbonyl (C=O) groups excluding carboxylic acids is 1. The van der Waals surface area contributed by atoms with Crippen molar-refractivity contribution in [1.29, 1.82) is 0 Å². The highest BCUT2D eigenvalue weighted by Gasteiger charge is 2.18. The number of aliphatic hydroxyl groups excluding tert-OH is 1. The SMILES string of the molecule is CC(C)C(O)CNC(=O)c1sc2ccccc2c1Cl. The third-order valence-corrected chi connectivity index (χ3v) is 4.66. The Kier molecular flexibility index (Phi) is 4.45. The first-order chi connectivity index (χ1) is 9.00. The summed E-state index contributed by atoms with van der Waals surface area (Å²) < 4.78 is 0.988. The molecular formula is C14H16ClNO2S. The molecule has 1 aromatic carbocycles. The smallest absolute Gasteiger partial charge is 0.263 e. The molecule has 0 fully saturated rings. The summed E-state index contributed by atoms with van der Waals surface area (Å²) in [5.41, 5.74) is 0. The Labute approximate surface area is 121 Å². The fraction of sp³-hybridized carbons (Fsp3) is 0.357. The summed E-state index contributed by atoms with van der Waals surface area (Å²) in [6.07, 6.45) is -0.544. The van der Waals surface area contributed by atoms with E-state index in [1.807, 2.05) is 38.1 Å². The van der Waals surface area contributed by atoms with Crippen molar-refractivity contribution >= 4 is 38.9 Å². The Morgan fingerprint density at radius 2 is 2.11 bits per heavy atom. The van der Waals surface area contributed by atoms with Crippen molar-refractivity contribution in [3.8, 4) is 0 Å². The summed E-state index contributed by atoms with van der Waals surface area (Å²) in [6, 6.07) is 7.64. The van der Waals surface area contributed by atoms with Gasteiger partial charge in [0, 0.05) is 16.6 Å². The topological polar surface area (TPSA) is 49.3 Å². The van der Waals surface area contributed by atoms with Crippen molar-refractivity contribution < 1.29 is 9.90 Å². The highest BCUT2D eigenvalue weighted by atomic mass is 35.5. The van der Waals surface area contributed by atoms with Crippen LogP contribution in [0.15, 0.2) is 24.3 Å². The molecule has 1 heterocycles. The fourth-order valence-electron chi connectivity index (χ4n) is 1.67. The largest absolute Gasteiger partial charge is 0.391 e. The first-order valence-electron chi connectivity index (χ1n) is 6.14. The number of hydrogen-bond acceptors (Lipinski definition) is 3. The third kappa shape index (κ3) is 3.08. The van der Waals surface area contributed by atoms with E-state index in [1.165, 1.54) is 11.3 Å². The molecule has 5 heteroatoms. The molecular weight excluding hydrogens is 282 g/mol. The molecule has 2 rings (SSSR count). The third-order valence-electron chi connectivity index (χ3n) is 2.98. The van der Waals surface area contributed by atoms with Crippen LogP contribution < -0.4 is 5.32 Å². The molecule has 102 valence electrons. The second-order valence-electron chi connectivity index (χ2n) is 4.76. The summed E-state index contributed by atoms with van der Waals surface area (Å²) in [6.45, 7) is 4.05. The summed E-state index contributed by atoms with van der Waals surface area (Å²) in [5, 5.41) is 13.8. The molecule has 0 aliphatic rings. The van der Waals surface area contributed by atoms with Crippen LogP contribution in [-0.4, -0.2) is 23.7 Å². The predicted molar refractivity (Wildman–Crippen MR) is 80.0 cm³/mol. The number of hydrogen-bond donors (Lipinski definition) is 2. The lowest BCUT2D eigenvalue weighted by molar-refractivity contribution is 0.0875. The number of halogens is 1. The summed E-state index contributed by atoms with van der Waals surface area (Å²) in [4.78, 5) is 12.6. The second kappa shape index (κ2) is 5.90. The number of benzene rings is 1. The maximum atomic E-state index is 12.1. The van der Waals surface area contributed by atoms with Crippen molar-refractivity contribution in [3.05, 3.63) is 34.2 Å². The molecule has 2 N–H and O–H groups in total. The van der Waals surface area contributed by atoms with Crippen molar-refractivity contribution in [2.45, 2.75) is 20.0 Å². The Morgan fingerprint density at radius 3 is 2.74 bits per heavy atom. The van der Waals surface area contributed by atoms with E-state index < -0.39 is 6.10 Å². The van der Waals surface area contributed by atoms with Crippen LogP contribution in [-0.2, 0) is 0 Å². The molecule has 0 bridgehead atoms. The van der Waals surface area contributed by atoms with Crippen LogP contribution in [0.2, 0.25) is 5.02 Å². The number of nitrogens with one attached hydrogen (secondary N) is 1. The van der Waals surface area contributed by atoms with Gasteiger partial charge >= 0.3 is 0 Å². The van der Waals surface area contributed by atoms with E-state index in [2.05, 4.69) is 5.32 Å². The van der Waals surface area contributed by atoms with Crippen LogP contribution in [0.25, 0.3) is 10.1 Å². The van der Waals surface area contributed by atoms with Gasteiger partial charge in [0.05, 0.1) is 11.1 Å². The highest BCUT2D eigenvalue weighted by Crippen LogP contribution is 2.34. The van der Waals surface area contributed by atoms with Crippen LogP contribution in [0.4, 0.5) is 0 Å². The molecule has 3 nitrogen and oxygen atoms in total. The summed E-state index contributed by atoms with van der Waals surface area (Å²) in [7, 11) is 0. The maximum absolute atomic E-state index is 12.1. The van der Waals surface area contributed by atoms with Crippen molar-refractivity contribution in [2.24, 2.45) is 5.92 Å². The van der Waals surface area contributed by atoms with Gasteiger partial charge in [-0.3, -0.25) is 4.79 Å². The average Bonchev–Trinajstić information content (AvgIpc) is 2.73. The minimum atomic E-state index is -0.544. The molecule has 1 unspecified atom stereocenters. The van der Waals surface area contributed by atoms with E-state index in [9.17, 15) is 9.90 Å². The monoisotopic (exact) mass is 297 g/mol. The lowest BCUT2D eigenvalue weighted by Gasteiger charge is -2.14. The van der Waals surface area contributed by atoms with E-state index in [4.69, 9.17) is 11.6 Å². The van der Waals surface area contributed by atoms with Gasteiger partial charge < -0.3 is 10.4 Å². The lowest BCUT2D eigenvalue weighted by Crippen LogP contribution is -2.34. The minimum absolute atomic E-state index is 0.109. The number of rotatable bonds is 4. The van der Waals surface area contributed by atoms with Gasteiger partial charge in [0.25, 0.3) is 5.91 Å². The van der Waals surface area contributed by atoms with Gasteiger partial charge in [-0.05, 0) is 12.0 Å². The first-order valence-corrected chi connectivity index (χ1v) is 7.33. The van der Waals surface area contributed by atoms with Gasteiger partial charge in [-0.25, -0.2) is 0 Å². The van der Waals surface area contributed by atoms with Gasteiger partial charge in [-0.2, -0.15) is 0 Å². The molecule has 1 amide bonds. The van der Waals surface area contributed by atoms with Crippen molar-refractivity contribution in [3.63, 3.8) is 0 Å². The quantitative estimate of drug-likeness (QED) is 0.909. The highest BCUT2D eigenvalue weighted by molar-refractivity contribution is 7.21. The predicted octanol–water partition coefficient (Wildman–Crippen LogP) is 3.30. The van der Waals surface area contributed by atoms with E-state index in [0.717, 1.165) is 10.1 Å². The van der Waals surface area contributed by atoms with Gasteiger partial charge in [0.15, 0.2) is 0 Å². The summed E-state index contributed by atoms with van der Waals surface area (Å²) in [5.74, 6) is -0.121. The van der Waals surface area contributed by atoms with Gasteiger partial charge in [0.2, 0.25) is 0 Å². The normalized spacial score (nSPS) is 12.9. The zero-order chi connectivity index (χ0) is 14.0. The van der Waals surface area contributed by atoms with Crippen LogP contribution in [0, 0.1) is 5.92 Å². The molecule has 0 saturated heterocycles. The van der Waals surface area contributed by atoms with E-state index in [-0.39, 0.29) is 18.4 Å². The molecule has 1 aromatic heterocycles. The second-order valence-corrected chi connectivity index (χ2v) is 6.19. The van der Waals surface area contributed by atoms with E-state index in [0.29, 0.717) is 9.90 Å². The zero-order valence-corrected chi connectivity index (χ0v) is 12.4. The molecule has 1 atom stereocenters. The average molecular weight is 298 g/mol.